The zero-order valence-corrected chi connectivity index (χ0v) is 21.7. The number of esters is 1. The molecule has 4 aromatic rings. The molecule has 0 aliphatic rings. The molecule has 9 nitrogen and oxygen atoms in total. The molecule has 0 fully saturated rings. The molecule has 4 rings (SSSR count). The van der Waals surface area contributed by atoms with Crippen molar-refractivity contribution in [3.05, 3.63) is 90.1 Å². The molecule has 0 spiro atoms. The number of fused-ring (bicyclic) bond motifs is 1. The second kappa shape index (κ2) is 12.3. The van der Waals surface area contributed by atoms with E-state index in [4.69, 9.17) is 4.74 Å². The minimum atomic E-state index is -3.67. The van der Waals surface area contributed by atoms with Crippen LogP contribution in [0.2, 0.25) is 0 Å². The summed E-state index contributed by atoms with van der Waals surface area (Å²) in [7, 11) is -3.67. The lowest BCUT2D eigenvalue weighted by atomic mass is 10.2. The monoisotopic (exact) mass is 532 g/mol. The number of hydrogen-bond donors (Lipinski definition) is 2. The smallest absolute Gasteiger partial charge is 0.325 e. The molecule has 0 unspecified atom stereocenters. The van der Waals surface area contributed by atoms with Crippen LogP contribution in [0.4, 0.5) is 11.5 Å². The summed E-state index contributed by atoms with van der Waals surface area (Å²) in [5, 5.41) is 5.68. The Labute approximate surface area is 221 Å². The molecule has 0 saturated carbocycles. The number of nitrogens with zero attached hydrogens (tertiary/aromatic N) is 2. The number of aromatic nitrogens is 2. The Balaban J connectivity index is 1.51. The van der Waals surface area contributed by atoms with Crippen LogP contribution in [0.1, 0.15) is 35.8 Å². The number of nitrogens with one attached hydrogen (secondary N) is 2. The summed E-state index contributed by atoms with van der Waals surface area (Å²) in [6.45, 7) is 2.11. The average Bonchev–Trinajstić information content (AvgIpc) is 2.93. The van der Waals surface area contributed by atoms with Crippen molar-refractivity contribution in [1.29, 1.82) is 0 Å². The zero-order valence-electron chi connectivity index (χ0n) is 20.9. The van der Waals surface area contributed by atoms with E-state index < -0.39 is 21.7 Å². The van der Waals surface area contributed by atoms with Gasteiger partial charge in [0.05, 0.1) is 28.2 Å². The number of carbonyl (C=O) groups is 2. The van der Waals surface area contributed by atoms with Gasteiger partial charge in [-0.15, -0.1) is 0 Å². The first kappa shape index (κ1) is 26.7. The van der Waals surface area contributed by atoms with Crippen molar-refractivity contribution in [1.82, 2.24) is 15.3 Å². The van der Waals surface area contributed by atoms with E-state index in [1.807, 2.05) is 19.1 Å². The third-order valence-corrected chi connectivity index (χ3v) is 7.28. The van der Waals surface area contributed by atoms with Gasteiger partial charge in [0.15, 0.2) is 15.7 Å². The van der Waals surface area contributed by atoms with Gasteiger partial charge in [-0.2, -0.15) is 0 Å². The van der Waals surface area contributed by atoms with Crippen LogP contribution in [0.15, 0.2) is 83.8 Å². The fraction of sp³-hybridized carbons (Fsp3) is 0.214. The molecule has 10 heteroatoms. The number of unbranched alkanes of at least 4 members (excludes halogenated alkanes) is 1. The van der Waals surface area contributed by atoms with E-state index in [1.54, 1.807) is 66.7 Å². The molecule has 0 saturated heterocycles. The molecule has 0 bridgehead atoms. The standard InChI is InChI=1S/C28H28N4O5S/c1-2-3-17-37-26(33)18-29-28(34)20-13-15-21(16-14-20)30-27-25(31-23-11-7-8-12-24(23)32-27)19-38(35,36)22-9-5-4-6-10-22/h4-16H,2-3,17-19H2,1H3,(H,29,34)(H,30,32). The summed E-state index contributed by atoms with van der Waals surface area (Å²) in [5.41, 5.74) is 2.40. The highest BCUT2D eigenvalue weighted by Gasteiger charge is 2.20. The number of carbonyl (C=O) groups excluding carboxylic acids is 2. The highest BCUT2D eigenvalue weighted by atomic mass is 32.2. The summed E-state index contributed by atoms with van der Waals surface area (Å²) < 4.78 is 31.2. The van der Waals surface area contributed by atoms with Gasteiger partial charge in [0.2, 0.25) is 0 Å². The van der Waals surface area contributed by atoms with Crippen molar-refractivity contribution >= 4 is 44.3 Å². The van der Waals surface area contributed by atoms with Gasteiger partial charge in [0.25, 0.3) is 5.91 Å². The first-order valence-electron chi connectivity index (χ1n) is 12.2. The van der Waals surface area contributed by atoms with E-state index >= 15 is 0 Å². The van der Waals surface area contributed by atoms with Crippen LogP contribution in [0, 0.1) is 0 Å². The molecule has 2 N–H and O–H groups in total. The van der Waals surface area contributed by atoms with Crippen LogP contribution in [0.5, 0.6) is 0 Å². The summed E-state index contributed by atoms with van der Waals surface area (Å²) in [4.78, 5) is 33.5. The maximum atomic E-state index is 13.1. The number of sulfone groups is 1. The van der Waals surface area contributed by atoms with Crippen molar-refractivity contribution in [2.24, 2.45) is 0 Å². The molecule has 1 heterocycles. The highest BCUT2D eigenvalue weighted by molar-refractivity contribution is 7.90. The fourth-order valence-corrected chi connectivity index (χ4v) is 4.91. The van der Waals surface area contributed by atoms with Crippen molar-refractivity contribution in [3.8, 4) is 0 Å². The Morgan fingerprint density at radius 1 is 0.868 bits per heavy atom. The molecule has 196 valence electrons. The van der Waals surface area contributed by atoms with Crippen LogP contribution in [-0.2, 0) is 25.1 Å². The number of anilines is 2. The van der Waals surface area contributed by atoms with Gasteiger partial charge in [0.1, 0.15) is 12.3 Å². The molecular weight excluding hydrogens is 504 g/mol. The molecule has 1 amide bonds. The molecule has 0 radical (unpaired) electrons. The van der Waals surface area contributed by atoms with Crippen molar-refractivity contribution in [3.63, 3.8) is 0 Å². The lowest BCUT2D eigenvalue weighted by Crippen LogP contribution is -2.30. The van der Waals surface area contributed by atoms with Crippen molar-refractivity contribution < 1.29 is 22.7 Å². The summed E-state index contributed by atoms with van der Waals surface area (Å²) in [5.74, 6) is -0.941. The minimum Gasteiger partial charge on any atom is -0.464 e. The van der Waals surface area contributed by atoms with Crippen LogP contribution in [-0.4, -0.2) is 43.4 Å². The van der Waals surface area contributed by atoms with Gasteiger partial charge in [-0.05, 0) is 55.0 Å². The Bertz CT molecular complexity index is 1520. The first-order chi connectivity index (χ1) is 18.4. The molecule has 1 aromatic heterocycles. The third kappa shape index (κ3) is 6.92. The normalized spacial score (nSPS) is 11.2. The quantitative estimate of drug-likeness (QED) is 0.215. The topological polar surface area (TPSA) is 127 Å². The predicted molar refractivity (Wildman–Crippen MR) is 145 cm³/mol. The number of para-hydroxylation sites is 2. The average molecular weight is 533 g/mol. The Hall–Kier alpha value is -4.31. The second-order valence-electron chi connectivity index (χ2n) is 8.54. The first-order valence-corrected chi connectivity index (χ1v) is 13.9. The van der Waals surface area contributed by atoms with Gasteiger partial charge in [0, 0.05) is 11.3 Å². The number of ether oxygens (including phenoxy) is 1. The highest BCUT2D eigenvalue weighted by Crippen LogP contribution is 2.25. The molecule has 38 heavy (non-hydrogen) atoms. The molecule has 3 aromatic carbocycles. The summed E-state index contributed by atoms with van der Waals surface area (Å²) in [6.07, 6.45) is 1.69. The minimum absolute atomic E-state index is 0.200. The largest absolute Gasteiger partial charge is 0.464 e. The van der Waals surface area contributed by atoms with E-state index in [0.717, 1.165) is 12.8 Å². The summed E-state index contributed by atoms with van der Waals surface area (Å²) in [6, 6.07) is 21.9. The fourth-order valence-electron chi connectivity index (χ4n) is 3.61. The SMILES string of the molecule is CCCCOC(=O)CNC(=O)c1ccc(Nc2nc3ccccc3nc2CS(=O)(=O)c2ccccc2)cc1. The number of rotatable bonds is 11. The van der Waals surface area contributed by atoms with E-state index in [9.17, 15) is 18.0 Å². The molecule has 0 atom stereocenters. The number of benzene rings is 3. The Kier molecular flexibility index (Phi) is 8.65. The van der Waals surface area contributed by atoms with E-state index in [-0.39, 0.29) is 22.9 Å². The number of amides is 1. The third-order valence-electron chi connectivity index (χ3n) is 5.64. The Morgan fingerprint density at radius 3 is 2.21 bits per heavy atom. The van der Waals surface area contributed by atoms with Gasteiger partial charge in [-0.1, -0.05) is 43.7 Å². The van der Waals surface area contributed by atoms with Crippen LogP contribution in [0.25, 0.3) is 11.0 Å². The zero-order chi connectivity index (χ0) is 27.0. The lowest BCUT2D eigenvalue weighted by Gasteiger charge is -2.13. The van der Waals surface area contributed by atoms with Gasteiger partial charge >= 0.3 is 5.97 Å². The molecule has 0 aliphatic heterocycles. The van der Waals surface area contributed by atoms with Gasteiger partial charge in [-0.25, -0.2) is 18.4 Å². The van der Waals surface area contributed by atoms with Crippen LogP contribution < -0.4 is 10.6 Å². The maximum Gasteiger partial charge on any atom is 0.325 e. The summed E-state index contributed by atoms with van der Waals surface area (Å²) >= 11 is 0. The predicted octanol–water partition coefficient (Wildman–Crippen LogP) is 4.42. The lowest BCUT2D eigenvalue weighted by molar-refractivity contribution is -0.142. The van der Waals surface area contributed by atoms with E-state index in [1.165, 1.54) is 0 Å². The molecule has 0 aliphatic carbocycles. The van der Waals surface area contributed by atoms with Crippen molar-refractivity contribution in [2.75, 3.05) is 18.5 Å². The number of hydrogen-bond acceptors (Lipinski definition) is 8. The van der Waals surface area contributed by atoms with Crippen LogP contribution in [0.3, 0.4) is 0 Å². The van der Waals surface area contributed by atoms with E-state index in [2.05, 4.69) is 20.6 Å². The Morgan fingerprint density at radius 2 is 1.53 bits per heavy atom. The van der Waals surface area contributed by atoms with Gasteiger partial charge in [-0.3, -0.25) is 9.59 Å². The van der Waals surface area contributed by atoms with E-state index in [0.29, 0.717) is 34.7 Å². The van der Waals surface area contributed by atoms with Gasteiger partial charge < -0.3 is 15.4 Å². The van der Waals surface area contributed by atoms with Crippen molar-refractivity contribution in [2.45, 2.75) is 30.4 Å². The van der Waals surface area contributed by atoms with Crippen LogP contribution >= 0.6 is 0 Å². The molecular formula is C28H28N4O5S. The maximum absolute atomic E-state index is 13.1. The second-order valence-corrected chi connectivity index (χ2v) is 10.5.